The number of nitro benzene ring substituents is 1. The minimum absolute atomic E-state index is 0.0625. The molecule has 0 bridgehead atoms. The molecule has 22 heavy (non-hydrogen) atoms. The van der Waals surface area contributed by atoms with Crippen LogP contribution in [0.5, 0.6) is 11.5 Å². The number of carbonyl (C=O) groups is 1. The monoisotopic (exact) mass is 305 g/mol. The van der Waals surface area contributed by atoms with Crippen LogP contribution >= 0.6 is 0 Å². The first-order chi connectivity index (χ1) is 10.6. The van der Waals surface area contributed by atoms with E-state index in [1.54, 1.807) is 12.1 Å². The SMILES string of the molecule is O=Cc1cc([N+](=O)[O-])ccc1OCCOc1ccccc1F. The second kappa shape index (κ2) is 7.16. The Morgan fingerprint density at radius 3 is 2.41 bits per heavy atom. The third-order valence-electron chi connectivity index (χ3n) is 2.77. The van der Waals surface area contributed by atoms with E-state index in [1.807, 2.05) is 0 Å². The Hall–Kier alpha value is -2.96. The molecule has 0 fully saturated rings. The molecule has 0 aromatic heterocycles. The van der Waals surface area contributed by atoms with E-state index in [1.165, 1.54) is 24.3 Å². The number of halogens is 1. The highest BCUT2D eigenvalue weighted by molar-refractivity contribution is 5.80. The molecule has 0 aliphatic carbocycles. The summed E-state index contributed by atoms with van der Waals surface area (Å²) in [4.78, 5) is 20.9. The highest BCUT2D eigenvalue weighted by Gasteiger charge is 2.11. The molecule has 0 aliphatic heterocycles. The van der Waals surface area contributed by atoms with Crippen molar-refractivity contribution in [3.63, 3.8) is 0 Å². The smallest absolute Gasteiger partial charge is 0.270 e. The molecule has 0 unspecified atom stereocenters. The number of rotatable bonds is 7. The van der Waals surface area contributed by atoms with Crippen molar-refractivity contribution in [3.05, 3.63) is 64.0 Å². The molecule has 2 rings (SSSR count). The van der Waals surface area contributed by atoms with E-state index in [-0.39, 0.29) is 36.0 Å². The van der Waals surface area contributed by atoms with Gasteiger partial charge in [0.05, 0.1) is 10.5 Å². The molecule has 0 amide bonds. The lowest BCUT2D eigenvalue weighted by Crippen LogP contribution is -2.10. The molecule has 0 aliphatic rings. The van der Waals surface area contributed by atoms with E-state index in [0.717, 1.165) is 6.07 Å². The molecule has 0 atom stereocenters. The fraction of sp³-hybridized carbons (Fsp3) is 0.133. The van der Waals surface area contributed by atoms with Crippen LogP contribution in [-0.2, 0) is 0 Å². The molecule has 0 saturated heterocycles. The normalized spacial score (nSPS) is 10.0. The van der Waals surface area contributed by atoms with Crippen molar-refractivity contribution in [2.45, 2.75) is 0 Å². The minimum Gasteiger partial charge on any atom is -0.489 e. The fourth-order valence-corrected chi connectivity index (χ4v) is 1.74. The zero-order valence-corrected chi connectivity index (χ0v) is 11.4. The number of benzene rings is 2. The number of ether oxygens (including phenoxy) is 2. The molecule has 6 nitrogen and oxygen atoms in total. The summed E-state index contributed by atoms with van der Waals surface area (Å²) in [7, 11) is 0. The molecule has 2 aromatic carbocycles. The van der Waals surface area contributed by atoms with Gasteiger partial charge < -0.3 is 9.47 Å². The van der Waals surface area contributed by atoms with Gasteiger partial charge in [-0.1, -0.05) is 12.1 Å². The van der Waals surface area contributed by atoms with Gasteiger partial charge in [-0.15, -0.1) is 0 Å². The van der Waals surface area contributed by atoms with Gasteiger partial charge in [0.1, 0.15) is 19.0 Å². The molecule has 0 N–H and O–H groups in total. The van der Waals surface area contributed by atoms with Crippen molar-refractivity contribution in [2.75, 3.05) is 13.2 Å². The van der Waals surface area contributed by atoms with Gasteiger partial charge in [-0.3, -0.25) is 14.9 Å². The summed E-state index contributed by atoms with van der Waals surface area (Å²) < 4.78 is 23.8. The number of carbonyl (C=O) groups excluding carboxylic acids is 1. The van der Waals surface area contributed by atoms with Crippen molar-refractivity contribution in [1.82, 2.24) is 0 Å². The van der Waals surface area contributed by atoms with Crippen LogP contribution in [-0.4, -0.2) is 24.4 Å². The number of aldehydes is 1. The Kier molecular flexibility index (Phi) is 5.02. The summed E-state index contributed by atoms with van der Waals surface area (Å²) in [6.07, 6.45) is 0.472. The van der Waals surface area contributed by atoms with E-state index in [0.29, 0.717) is 6.29 Å². The van der Waals surface area contributed by atoms with Crippen molar-refractivity contribution >= 4 is 12.0 Å². The van der Waals surface area contributed by atoms with Crippen molar-refractivity contribution in [1.29, 1.82) is 0 Å². The average Bonchev–Trinajstić information content (AvgIpc) is 2.53. The third-order valence-corrected chi connectivity index (χ3v) is 2.77. The predicted octanol–water partition coefficient (Wildman–Crippen LogP) is 3.00. The van der Waals surface area contributed by atoms with Crippen molar-refractivity contribution in [3.8, 4) is 11.5 Å². The van der Waals surface area contributed by atoms with Gasteiger partial charge in [-0.2, -0.15) is 0 Å². The summed E-state index contributed by atoms with van der Waals surface area (Å²) in [5.74, 6) is -0.172. The lowest BCUT2D eigenvalue weighted by atomic mass is 10.2. The maximum atomic E-state index is 13.3. The van der Waals surface area contributed by atoms with Crippen LogP contribution in [0, 0.1) is 15.9 Å². The van der Waals surface area contributed by atoms with E-state index >= 15 is 0 Å². The number of nitrogens with zero attached hydrogens (tertiary/aromatic N) is 1. The first-order valence-electron chi connectivity index (χ1n) is 6.35. The van der Waals surface area contributed by atoms with E-state index in [2.05, 4.69) is 0 Å². The summed E-state index contributed by atoms with van der Waals surface area (Å²) >= 11 is 0. The van der Waals surface area contributed by atoms with Gasteiger partial charge in [-0.05, 0) is 18.2 Å². The number of non-ortho nitro benzene ring substituents is 1. The largest absolute Gasteiger partial charge is 0.489 e. The molecule has 2 aromatic rings. The van der Waals surface area contributed by atoms with Crippen LogP contribution in [0.2, 0.25) is 0 Å². The maximum absolute atomic E-state index is 13.3. The van der Waals surface area contributed by atoms with E-state index in [4.69, 9.17) is 9.47 Å². The topological polar surface area (TPSA) is 78.7 Å². The van der Waals surface area contributed by atoms with Gasteiger partial charge >= 0.3 is 0 Å². The minimum atomic E-state index is -0.599. The highest BCUT2D eigenvalue weighted by atomic mass is 19.1. The predicted molar refractivity (Wildman–Crippen MR) is 75.9 cm³/mol. The van der Waals surface area contributed by atoms with Gasteiger partial charge in [0.25, 0.3) is 5.69 Å². The van der Waals surface area contributed by atoms with Gasteiger partial charge in [0, 0.05) is 12.1 Å². The Morgan fingerprint density at radius 2 is 1.77 bits per heavy atom. The van der Waals surface area contributed by atoms with Gasteiger partial charge in [0.2, 0.25) is 0 Å². The Labute approximate surface area is 125 Å². The van der Waals surface area contributed by atoms with Gasteiger partial charge in [-0.25, -0.2) is 4.39 Å². The summed E-state index contributed by atoms with van der Waals surface area (Å²) in [6, 6.07) is 9.65. The Bertz CT molecular complexity index is 689. The summed E-state index contributed by atoms with van der Waals surface area (Å²) in [5, 5.41) is 10.6. The molecular weight excluding hydrogens is 293 g/mol. The van der Waals surface area contributed by atoms with Crippen LogP contribution < -0.4 is 9.47 Å². The molecule has 0 spiro atoms. The highest BCUT2D eigenvalue weighted by Crippen LogP contribution is 2.23. The van der Waals surface area contributed by atoms with E-state index in [9.17, 15) is 19.3 Å². The number of nitro groups is 1. The van der Waals surface area contributed by atoms with Crippen molar-refractivity contribution in [2.24, 2.45) is 0 Å². The second-order valence-corrected chi connectivity index (χ2v) is 4.22. The summed E-state index contributed by atoms with van der Waals surface area (Å²) in [6.45, 7) is 0.128. The van der Waals surface area contributed by atoms with Crippen LogP contribution in [0.1, 0.15) is 10.4 Å². The molecule has 0 saturated carbocycles. The zero-order valence-electron chi connectivity index (χ0n) is 11.4. The number of para-hydroxylation sites is 1. The number of hydrogen-bond acceptors (Lipinski definition) is 5. The zero-order chi connectivity index (χ0) is 15.9. The molecule has 114 valence electrons. The lowest BCUT2D eigenvalue weighted by Gasteiger charge is -2.10. The fourth-order valence-electron chi connectivity index (χ4n) is 1.74. The summed E-state index contributed by atoms with van der Waals surface area (Å²) in [5.41, 5.74) is -0.128. The van der Waals surface area contributed by atoms with Crippen molar-refractivity contribution < 1.29 is 23.6 Å². The first-order valence-corrected chi connectivity index (χ1v) is 6.35. The third kappa shape index (κ3) is 3.78. The standard InChI is InChI=1S/C15H12FNO5/c16-13-3-1-2-4-15(13)22-8-7-21-14-6-5-12(17(19)20)9-11(14)10-18/h1-6,9-10H,7-8H2. The van der Waals surface area contributed by atoms with Crippen LogP contribution in [0.15, 0.2) is 42.5 Å². The quantitative estimate of drug-likeness (QED) is 0.340. The molecule has 7 heteroatoms. The van der Waals surface area contributed by atoms with E-state index < -0.39 is 10.7 Å². The average molecular weight is 305 g/mol. The first kappa shape index (κ1) is 15.4. The molecular formula is C15H12FNO5. The van der Waals surface area contributed by atoms with Gasteiger partial charge in [0.15, 0.2) is 17.9 Å². The van der Waals surface area contributed by atoms with Crippen LogP contribution in [0.25, 0.3) is 0 Å². The Morgan fingerprint density at radius 1 is 1.09 bits per heavy atom. The van der Waals surface area contributed by atoms with Crippen LogP contribution in [0.3, 0.4) is 0 Å². The molecule has 0 heterocycles. The maximum Gasteiger partial charge on any atom is 0.270 e. The molecule has 0 radical (unpaired) electrons. The lowest BCUT2D eigenvalue weighted by molar-refractivity contribution is -0.384. The second-order valence-electron chi connectivity index (χ2n) is 4.22. The Balaban J connectivity index is 1.93. The number of hydrogen-bond donors (Lipinski definition) is 0. The van der Waals surface area contributed by atoms with Crippen LogP contribution in [0.4, 0.5) is 10.1 Å².